The zero-order valence-electron chi connectivity index (χ0n) is 13.0. The van der Waals surface area contributed by atoms with Crippen LogP contribution in [0.4, 0.5) is 0 Å². The normalized spacial score (nSPS) is 16.6. The fourth-order valence-corrected chi connectivity index (χ4v) is 2.72. The van der Waals surface area contributed by atoms with Gasteiger partial charge in [0.1, 0.15) is 0 Å². The predicted octanol–water partition coefficient (Wildman–Crippen LogP) is 2.44. The van der Waals surface area contributed by atoms with Crippen LogP contribution in [0.3, 0.4) is 0 Å². The Bertz CT molecular complexity index is 422. The summed E-state index contributed by atoms with van der Waals surface area (Å²) in [6.45, 7) is 1.12. The van der Waals surface area contributed by atoms with Crippen LogP contribution in [0.2, 0.25) is 0 Å². The standard InChI is InChI=1S/C17H26N2O2.ClH/c18-16(13-14-7-3-1-4-8-14)17(20)19-11-12-21-15-9-5-2-6-10-15;/h1,3-4,7-8,15-16H,2,5-6,9-13,18H2,(H,19,20);1H. The summed E-state index contributed by atoms with van der Waals surface area (Å²) in [6, 6.07) is 9.34. The van der Waals surface area contributed by atoms with E-state index in [-0.39, 0.29) is 18.3 Å². The molecule has 3 N–H and O–H groups in total. The zero-order valence-corrected chi connectivity index (χ0v) is 13.8. The van der Waals surface area contributed by atoms with Crippen LogP contribution >= 0.6 is 12.4 Å². The number of carbonyl (C=O) groups excluding carboxylic acids is 1. The molecule has 1 unspecified atom stereocenters. The Morgan fingerprint density at radius 2 is 1.91 bits per heavy atom. The van der Waals surface area contributed by atoms with Gasteiger partial charge >= 0.3 is 0 Å². The van der Waals surface area contributed by atoms with E-state index in [4.69, 9.17) is 10.5 Å². The number of amides is 1. The quantitative estimate of drug-likeness (QED) is 0.756. The Labute approximate surface area is 139 Å². The lowest BCUT2D eigenvalue weighted by molar-refractivity contribution is -0.122. The fourth-order valence-electron chi connectivity index (χ4n) is 2.72. The molecule has 1 atom stereocenters. The first-order valence-corrected chi connectivity index (χ1v) is 7.94. The molecule has 1 aliphatic rings. The number of nitrogens with two attached hydrogens (primary N) is 1. The van der Waals surface area contributed by atoms with Crippen molar-refractivity contribution in [1.29, 1.82) is 0 Å². The number of benzene rings is 1. The summed E-state index contributed by atoms with van der Waals surface area (Å²) in [5.74, 6) is -0.105. The number of rotatable bonds is 7. The predicted molar refractivity (Wildman–Crippen MR) is 91.2 cm³/mol. The lowest BCUT2D eigenvalue weighted by atomic mass is 9.98. The Morgan fingerprint density at radius 3 is 2.59 bits per heavy atom. The van der Waals surface area contributed by atoms with Gasteiger partial charge in [-0.25, -0.2) is 0 Å². The lowest BCUT2D eigenvalue weighted by Crippen LogP contribution is -2.43. The molecule has 0 aliphatic heterocycles. The highest BCUT2D eigenvalue weighted by Gasteiger charge is 2.15. The van der Waals surface area contributed by atoms with Crippen LogP contribution in [0.25, 0.3) is 0 Å². The van der Waals surface area contributed by atoms with E-state index in [1.807, 2.05) is 30.3 Å². The van der Waals surface area contributed by atoms with E-state index >= 15 is 0 Å². The maximum absolute atomic E-state index is 11.9. The molecule has 2 rings (SSSR count). The molecular weight excluding hydrogens is 300 g/mol. The Morgan fingerprint density at radius 1 is 1.23 bits per heavy atom. The summed E-state index contributed by atoms with van der Waals surface area (Å²) in [5.41, 5.74) is 7.00. The summed E-state index contributed by atoms with van der Waals surface area (Å²) in [7, 11) is 0. The summed E-state index contributed by atoms with van der Waals surface area (Å²) in [5, 5.41) is 2.85. The molecule has 0 bridgehead atoms. The van der Waals surface area contributed by atoms with Gasteiger partial charge in [0.05, 0.1) is 18.8 Å². The van der Waals surface area contributed by atoms with E-state index in [0.717, 1.165) is 18.4 Å². The third-order valence-electron chi connectivity index (χ3n) is 3.94. The van der Waals surface area contributed by atoms with Crippen molar-refractivity contribution in [1.82, 2.24) is 5.32 Å². The van der Waals surface area contributed by atoms with Crippen LogP contribution < -0.4 is 11.1 Å². The van der Waals surface area contributed by atoms with Gasteiger partial charge in [0, 0.05) is 6.54 Å². The summed E-state index contributed by atoms with van der Waals surface area (Å²) in [4.78, 5) is 11.9. The minimum Gasteiger partial charge on any atom is -0.376 e. The maximum Gasteiger partial charge on any atom is 0.237 e. The topological polar surface area (TPSA) is 64.4 Å². The van der Waals surface area contributed by atoms with Gasteiger partial charge in [-0.15, -0.1) is 12.4 Å². The second-order valence-corrected chi connectivity index (χ2v) is 5.72. The first-order chi connectivity index (χ1) is 10.3. The Hall–Kier alpha value is -1.10. The third-order valence-corrected chi connectivity index (χ3v) is 3.94. The molecule has 4 nitrogen and oxygen atoms in total. The van der Waals surface area contributed by atoms with Crippen LogP contribution in [-0.4, -0.2) is 31.2 Å². The van der Waals surface area contributed by atoms with Crippen LogP contribution in [-0.2, 0) is 16.0 Å². The molecule has 1 fully saturated rings. The van der Waals surface area contributed by atoms with Crippen molar-refractivity contribution < 1.29 is 9.53 Å². The Balaban J connectivity index is 0.00000242. The van der Waals surface area contributed by atoms with Gasteiger partial charge in [0.15, 0.2) is 0 Å². The fraction of sp³-hybridized carbons (Fsp3) is 0.588. The average Bonchev–Trinajstić information content (AvgIpc) is 2.53. The molecule has 1 aromatic rings. The van der Waals surface area contributed by atoms with Gasteiger partial charge in [0.25, 0.3) is 0 Å². The number of hydrogen-bond donors (Lipinski definition) is 2. The van der Waals surface area contributed by atoms with Crippen molar-refractivity contribution in [2.24, 2.45) is 5.73 Å². The summed E-state index contributed by atoms with van der Waals surface area (Å²) in [6.07, 6.45) is 7.11. The van der Waals surface area contributed by atoms with Crippen molar-refractivity contribution in [2.75, 3.05) is 13.2 Å². The van der Waals surface area contributed by atoms with Crippen molar-refractivity contribution in [3.63, 3.8) is 0 Å². The first kappa shape index (κ1) is 18.9. The van der Waals surface area contributed by atoms with E-state index in [9.17, 15) is 4.79 Å². The van der Waals surface area contributed by atoms with E-state index < -0.39 is 6.04 Å². The second kappa shape index (κ2) is 10.6. The van der Waals surface area contributed by atoms with Crippen LogP contribution in [0, 0.1) is 0 Å². The Kier molecular flexibility index (Phi) is 9.13. The monoisotopic (exact) mass is 326 g/mol. The van der Waals surface area contributed by atoms with Crippen LogP contribution in [0.1, 0.15) is 37.7 Å². The molecule has 0 heterocycles. The van der Waals surface area contributed by atoms with Gasteiger partial charge < -0.3 is 15.8 Å². The molecule has 1 aromatic carbocycles. The summed E-state index contributed by atoms with van der Waals surface area (Å²) >= 11 is 0. The molecule has 0 radical (unpaired) electrons. The van der Waals surface area contributed by atoms with E-state index in [0.29, 0.717) is 25.7 Å². The van der Waals surface area contributed by atoms with Gasteiger partial charge in [-0.1, -0.05) is 49.6 Å². The molecule has 0 aromatic heterocycles. The zero-order chi connectivity index (χ0) is 14.9. The number of nitrogens with one attached hydrogen (secondary N) is 1. The molecule has 1 amide bonds. The number of halogens is 1. The van der Waals surface area contributed by atoms with E-state index in [1.165, 1.54) is 19.3 Å². The smallest absolute Gasteiger partial charge is 0.237 e. The highest BCUT2D eigenvalue weighted by atomic mass is 35.5. The minimum atomic E-state index is -0.498. The molecule has 22 heavy (non-hydrogen) atoms. The maximum atomic E-state index is 11.9. The molecule has 1 aliphatic carbocycles. The minimum absolute atomic E-state index is 0. The summed E-state index contributed by atoms with van der Waals surface area (Å²) < 4.78 is 5.78. The molecule has 124 valence electrons. The largest absolute Gasteiger partial charge is 0.376 e. The number of carbonyl (C=O) groups is 1. The number of ether oxygens (including phenoxy) is 1. The van der Waals surface area contributed by atoms with Gasteiger partial charge in [-0.2, -0.15) is 0 Å². The van der Waals surface area contributed by atoms with Gasteiger partial charge in [0.2, 0.25) is 5.91 Å². The van der Waals surface area contributed by atoms with Crippen LogP contribution in [0.5, 0.6) is 0 Å². The van der Waals surface area contributed by atoms with Crippen molar-refractivity contribution in [2.45, 2.75) is 50.7 Å². The van der Waals surface area contributed by atoms with Crippen LogP contribution in [0.15, 0.2) is 30.3 Å². The third kappa shape index (κ3) is 6.77. The molecule has 1 saturated carbocycles. The molecule has 0 saturated heterocycles. The van der Waals surface area contributed by atoms with E-state index in [2.05, 4.69) is 5.32 Å². The van der Waals surface area contributed by atoms with Crippen molar-refractivity contribution >= 4 is 18.3 Å². The highest BCUT2D eigenvalue weighted by Crippen LogP contribution is 2.19. The SMILES string of the molecule is Cl.NC(Cc1ccccc1)C(=O)NCCOC1CCCCC1. The van der Waals surface area contributed by atoms with Gasteiger partial charge in [-0.05, 0) is 24.8 Å². The van der Waals surface area contributed by atoms with Gasteiger partial charge in [-0.3, -0.25) is 4.79 Å². The molecule has 0 spiro atoms. The highest BCUT2D eigenvalue weighted by molar-refractivity contribution is 5.85. The van der Waals surface area contributed by atoms with Crippen molar-refractivity contribution in [3.05, 3.63) is 35.9 Å². The lowest BCUT2D eigenvalue weighted by Gasteiger charge is -2.22. The van der Waals surface area contributed by atoms with E-state index in [1.54, 1.807) is 0 Å². The molecule has 5 heteroatoms. The average molecular weight is 327 g/mol. The second-order valence-electron chi connectivity index (χ2n) is 5.72. The molecular formula is C17H27ClN2O2. The first-order valence-electron chi connectivity index (χ1n) is 7.94. The number of hydrogen-bond acceptors (Lipinski definition) is 3. The van der Waals surface area contributed by atoms with Crippen molar-refractivity contribution in [3.8, 4) is 0 Å².